The van der Waals surface area contributed by atoms with Crippen LogP contribution in [0.25, 0.3) is 0 Å². The first-order valence-corrected chi connectivity index (χ1v) is 7.09. The van der Waals surface area contributed by atoms with Crippen LogP contribution < -0.4 is 0 Å². The van der Waals surface area contributed by atoms with E-state index >= 15 is 0 Å². The Bertz CT molecular complexity index is 173. The van der Waals surface area contributed by atoms with Crippen LogP contribution in [-0.4, -0.2) is 40.2 Å². The molecule has 0 atom stereocenters. The van der Waals surface area contributed by atoms with Gasteiger partial charge in [-0.05, 0) is 19.9 Å². The molecule has 15 heavy (non-hydrogen) atoms. The predicted molar refractivity (Wildman–Crippen MR) is 63.7 cm³/mol. The minimum Gasteiger partial charge on any atom is -0.326 e. The molecule has 0 saturated heterocycles. The van der Waals surface area contributed by atoms with Gasteiger partial charge in [-0.3, -0.25) is 4.57 Å². The van der Waals surface area contributed by atoms with E-state index in [1.54, 1.807) is 0 Å². The smallest absolute Gasteiger partial charge is 0.314 e. The maximum Gasteiger partial charge on any atom is 0.314 e. The fraction of sp³-hybridized carbons (Fsp3) is 1.00. The Morgan fingerprint density at radius 1 is 1.33 bits per heavy atom. The average Bonchev–Trinajstić information content (AvgIpc) is 2.19. The molecular formula is C9H21ClNO3P. The second-order valence-corrected chi connectivity index (χ2v) is 4.69. The summed E-state index contributed by atoms with van der Waals surface area (Å²) in [5, 5.41) is 0. The fourth-order valence-electron chi connectivity index (χ4n) is 1.84. The van der Waals surface area contributed by atoms with Crippen molar-refractivity contribution in [2.45, 2.75) is 38.1 Å². The van der Waals surface area contributed by atoms with Crippen molar-refractivity contribution in [1.29, 1.82) is 0 Å². The van der Waals surface area contributed by atoms with Gasteiger partial charge in [-0.25, -0.2) is 0 Å². The highest BCUT2D eigenvalue weighted by molar-refractivity contribution is 7.30. The predicted octanol–water partition coefficient (Wildman–Crippen LogP) is 1.85. The van der Waals surface area contributed by atoms with Gasteiger partial charge in [-0.1, -0.05) is 19.3 Å². The third-order valence-corrected chi connectivity index (χ3v) is 2.80. The lowest BCUT2D eigenvalue weighted by Crippen LogP contribution is -2.34. The first kappa shape index (κ1) is 15.4. The summed E-state index contributed by atoms with van der Waals surface area (Å²) < 4.78 is 8.74. The Hall–Kier alpha value is 0.400. The van der Waals surface area contributed by atoms with Crippen LogP contribution in [0.1, 0.15) is 32.1 Å². The lowest BCUT2D eigenvalue weighted by molar-refractivity contribution is 0.201. The zero-order valence-corrected chi connectivity index (χ0v) is 10.9. The molecule has 1 aliphatic carbocycles. The van der Waals surface area contributed by atoms with Gasteiger partial charge in [0.15, 0.2) is 0 Å². The van der Waals surface area contributed by atoms with Crippen LogP contribution in [-0.2, 0) is 4.57 Å². The van der Waals surface area contributed by atoms with Crippen LogP contribution in [0.15, 0.2) is 0 Å². The summed E-state index contributed by atoms with van der Waals surface area (Å²) in [7, 11) is -0.937. The third kappa shape index (κ3) is 9.34. The molecule has 0 unspecified atom stereocenters. The largest absolute Gasteiger partial charge is 0.326 e. The highest BCUT2D eigenvalue weighted by Crippen LogP contribution is 2.21. The molecule has 1 saturated carbocycles. The molecule has 0 radical (unpaired) electrons. The third-order valence-electron chi connectivity index (χ3n) is 2.64. The van der Waals surface area contributed by atoms with Crippen molar-refractivity contribution in [2.24, 2.45) is 0 Å². The molecule has 0 spiro atoms. The zero-order valence-electron chi connectivity index (χ0n) is 9.15. The Morgan fingerprint density at radius 3 is 2.20 bits per heavy atom. The summed E-state index contributed by atoms with van der Waals surface area (Å²) in [4.78, 5) is 16.7. The van der Waals surface area contributed by atoms with Crippen molar-refractivity contribution in [2.75, 3.05) is 19.5 Å². The van der Waals surface area contributed by atoms with E-state index in [0.29, 0.717) is 0 Å². The van der Waals surface area contributed by atoms with E-state index in [1.165, 1.54) is 32.1 Å². The van der Waals surface area contributed by atoms with Gasteiger partial charge in [0.25, 0.3) is 0 Å². The van der Waals surface area contributed by atoms with E-state index in [0.717, 1.165) is 18.5 Å². The first-order valence-electron chi connectivity index (χ1n) is 5.26. The zero-order chi connectivity index (χ0) is 11.7. The number of hydrogen-bond donors (Lipinski definition) is 2. The summed E-state index contributed by atoms with van der Waals surface area (Å²) in [6.45, 7) is 1.05. The summed E-state index contributed by atoms with van der Waals surface area (Å²) in [6.07, 6.45) is 7.03. The summed E-state index contributed by atoms with van der Waals surface area (Å²) in [5.41, 5.74) is 0. The second-order valence-electron chi connectivity index (χ2n) is 3.74. The summed E-state index contributed by atoms with van der Waals surface area (Å²) in [5.74, 6) is 0.771. The Balaban J connectivity index is 0.000000423. The highest BCUT2D eigenvalue weighted by Gasteiger charge is 2.16. The normalized spacial score (nSPS) is 17.7. The number of rotatable bonds is 3. The van der Waals surface area contributed by atoms with Crippen molar-refractivity contribution in [3.63, 3.8) is 0 Å². The van der Waals surface area contributed by atoms with Gasteiger partial charge < -0.3 is 14.7 Å². The van der Waals surface area contributed by atoms with Gasteiger partial charge in [0, 0.05) is 18.5 Å². The summed E-state index contributed by atoms with van der Waals surface area (Å²) >= 11 is 5.67. The molecule has 0 amide bonds. The van der Waals surface area contributed by atoms with Gasteiger partial charge in [0.2, 0.25) is 0 Å². The molecule has 1 rings (SSSR count). The van der Waals surface area contributed by atoms with E-state index in [-0.39, 0.29) is 0 Å². The number of alkyl halides is 1. The van der Waals surface area contributed by atoms with E-state index in [9.17, 15) is 0 Å². The topological polar surface area (TPSA) is 60.8 Å². The SMILES string of the molecule is CN(CCCl)C1CCCCC1.O=[PH](O)O. The quantitative estimate of drug-likeness (QED) is 0.598. The maximum absolute atomic E-state index is 8.74. The molecule has 0 aromatic carbocycles. The minimum atomic E-state index is -3.13. The maximum atomic E-state index is 8.74. The van der Waals surface area contributed by atoms with E-state index < -0.39 is 8.25 Å². The number of nitrogens with zero attached hydrogens (tertiary/aromatic N) is 1. The number of hydrogen-bond acceptors (Lipinski definition) is 2. The molecule has 0 aromatic heterocycles. The van der Waals surface area contributed by atoms with Crippen molar-refractivity contribution < 1.29 is 14.4 Å². The molecule has 2 N–H and O–H groups in total. The highest BCUT2D eigenvalue weighted by atomic mass is 35.5. The van der Waals surface area contributed by atoms with Crippen LogP contribution in [0.3, 0.4) is 0 Å². The van der Waals surface area contributed by atoms with Gasteiger partial charge in [0.05, 0.1) is 0 Å². The van der Waals surface area contributed by atoms with Crippen LogP contribution in [0, 0.1) is 0 Å². The lowest BCUT2D eigenvalue weighted by Gasteiger charge is -2.30. The first-order chi connectivity index (χ1) is 7.07. The molecular weight excluding hydrogens is 237 g/mol. The lowest BCUT2D eigenvalue weighted by atomic mass is 9.94. The standard InChI is InChI=1S/C9H18ClN.H3O3P/c1-11(8-7-10)9-5-3-2-4-6-9;1-4(2)3/h9H,2-8H2,1H3;4H,(H2,1,2,3). The van der Waals surface area contributed by atoms with Crippen molar-refractivity contribution in [3.8, 4) is 0 Å². The van der Waals surface area contributed by atoms with Gasteiger partial charge >= 0.3 is 8.25 Å². The van der Waals surface area contributed by atoms with Crippen molar-refractivity contribution in [1.82, 2.24) is 4.90 Å². The van der Waals surface area contributed by atoms with Crippen LogP contribution in [0.5, 0.6) is 0 Å². The molecule has 0 aromatic rings. The Morgan fingerprint density at radius 2 is 1.80 bits per heavy atom. The van der Waals surface area contributed by atoms with Gasteiger partial charge in [-0.2, -0.15) is 0 Å². The molecule has 0 bridgehead atoms. The van der Waals surface area contributed by atoms with Crippen molar-refractivity contribution >= 4 is 19.9 Å². The molecule has 1 aliphatic rings. The Kier molecular flexibility index (Phi) is 9.87. The molecule has 0 aliphatic heterocycles. The van der Waals surface area contributed by atoms with Gasteiger partial charge in [0.1, 0.15) is 0 Å². The number of halogens is 1. The van der Waals surface area contributed by atoms with E-state index in [4.69, 9.17) is 26.0 Å². The minimum absolute atomic E-state index is 0.771. The van der Waals surface area contributed by atoms with Crippen LogP contribution in [0.2, 0.25) is 0 Å². The van der Waals surface area contributed by atoms with Gasteiger partial charge in [-0.15, -0.1) is 11.6 Å². The van der Waals surface area contributed by atoms with E-state index in [2.05, 4.69) is 11.9 Å². The Labute approximate surface area is 97.2 Å². The van der Waals surface area contributed by atoms with E-state index in [1.807, 2.05) is 0 Å². The molecule has 4 nitrogen and oxygen atoms in total. The fourth-order valence-corrected chi connectivity index (χ4v) is 2.10. The van der Waals surface area contributed by atoms with Crippen LogP contribution in [0.4, 0.5) is 0 Å². The monoisotopic (exact) mass is 257 g/mol. The molecule has 6 heteroatoms. The molecule has 92 valence electrons. The summed E-state index contributed by atoms with van der Waals surface area (Å²) in [6, 6.07) is 0.822. The molecule has 1 fully saturated rings. The molecule has 0 heterocycles. The second kappa shape index (κ2) is 9.61. The van der Waals surface area contributed by atoms with Crippen LogP contribution >= 0.6 is 19.9 Å². The average molecular weight is 258 g/mol. The van der Waals surface area contributed by atoms with Crippen molar-refractivity contribution in [3.05, 3.63) is 0 Å².